The minimum atomic E-state index is -3.03. The van der Waals surface area contributed by atoms with Crippen LogP contribution in [-0.4, -0.2) is 16.2 Å². The van der Waals surface area contributed by atoms with Crippen LogP contribution in [0.2, 0.25) is 0 Å². The lowest BCUT2D eigenvalue weighted by atomic mass is 9.87. The Bertz CT molecular complexity index is 989. The van der Waals surface area contributed by atoms with E-state index in [0.29, 0.717) is 22.2 Å². The number of thiophene rings is 1. The van der Waals surface area contributed by atoms with Gasteiger partial charge in [-0.25, -0.2) is 4.39 Å². The summed E-state index contributed by atoms with van der Waals surface area (Å²) < 4.78 is 43.1. The maximum Gasteiger partial charge on any atom is 0.306 e. The summed E-state index contributed by atoms with van der Waals surface area (Å²) in [5.74, 6) is -3.44. The quantitative estimate of drug-likeness (QED) is 0.598. The molecule has 4 rings (SSSR count). The average molecular weight is 346 g/mol. The van der Waals surface area contributed by atoms with Gasteiger partial charge in [-0.1, -0.05) is 12.1 Å². The molecule has 0 bridgehead atoms. The summed E-state index contributed by atoms with van der Waals surface area (Å²) >= 11 is 1.03. The van der Waals surface area contributed by atoms with Gasteiger partial charge in [0, 0.05) is 22.7 Å². The molecule has 1 aliphatic heterocycles. The van der Waals surface area contributed by atoms with Crippen LogP contribution < -0.4 is 0 Å². The molecular weight excluding hydrogens is 333 g/mol. The number of benzene rings is 1. The van der Waals surface area contributed by atoms with Gasteiger partial charge in [-0.3, -0.25) is 9.98 Å². The first-order valence-corrected chi connectivity index (χ1v) is 8.30. The van der Waals surface area contributed by atoms with Gasteiger partial charge in [-0.2, -0.15) is 8.78 Å². The Morgan fingerprint density at radius 3 is 2.71 bits per heavy atom. The van der Waals surface area contributed by atoms with Crippen molar-refractivity contribution in [2.75, 3.05) is 0 Å². The summed E-state index contributed by atoms with van der Waals surface area (Å²) in [4.78, 5) is 8.49. The first-order chi connectivity index (χ1) is 11.3. The summed E-state index contributed by atoms with van der Waals surface area (Å²) in [6.07, 6.45) is 1.49. The van der Waals surface area contributed by atoms with E-state index in [9.17, 15) is 13.2 Å². The number of aromatic nitrogens is 1. The molecule has 2 aromatic heterocycles. The normalized spacial score (nSPS) is 18.3. The number of hydrogen-bond donors (Lipinski definition) is 0. The molecule has 0 atom stereocenters. The number of halogens is 3. The fourth-order valence-corrected chi connectivity index (χ4v) is 3.93. The molecule has 0 spiro atoms. The van der Waals surface area contributed by atoms with Crippen LogP contribution in [0.1, 0.15) is 29.9 Å². The van der Waals surface area contributed by atoms with Crippen molar-refractivity contribution < 1.29 is 13.2 Å². The smallest absolute Gasteiger partial charge is 0.271 e. The third-order valence-corrected chi connectivity index (χ3v) is 5.28. The van der Waals surface area contributed by atoms with E-state index in [-0.39, 0.29) is 10.4 Å². The predicted octanol–water partition coefficient (Wildman–Crippen LogP) is 5.16. The molecule has 0 saturated carbocycles. The largest absolute Gasteiger partial charge is 0.306 e. The van der Waals surface area contributed by atoms with E-state index in [4.69, 9.17) is 0 Å². The van der Waals surface area contributed by atoms with E-state index in [2.05, 4.69) is 9.98 Å². The monoisotopic (exact) mass is 346 g/mol. The predicted molar refractivity (Wildman–Crippen MR) is 89.6 cm³/mol. The molecule has 0 amide bonds. The van der Waals surface area contributed by atoms with Crippen molar-refractivity contribution in [2.45, 2.75) is 25.3 Å². The van der Waals surface area contributed by atoms with E-state index in [0.717, 1.165) is 11.3 Å². The Hall–Kier alpha value is -2.21. The zero-order valence-electron chi connectivity index (χ0n) is 13.0. The Morgan fingerprint density at radius 2 is 1.92 bits per heavy atom. The van der Waals surface area contributed by atoms with Gasteiger partial charge in [0.2, 0.25) is 0 Å². The van der Waals surface area contributed by atoms with Crippen molar-refractivity contribution >= 4 is 28.0 Å². The van der Waals surface area contributed by atoms with E-state index in [1.807, 2.05) is 0 Å². The van der Waals surface area contributed by atoms with Crippen LogP contribution in [0, 0.1) is 5.82 Å². The second-order valence-corrected chi connectivity index (χ2v) is 7.21. The second kappa shape index (κ2) is 4.89. The van der Waals surface area contributed by atoms with Crippen LogP contribution >= 0.6 is 11.3 Å². The highest BCUT2D eigenvalue weighted by molar-refractivity contribution is 7.10. The van der Waals surface area contributed by atoms with Crippen LogP contribution in [-0.2, 0) is 5.92 Å². The highest BCUT2D eigenvalue weighted by Crippen LogP contribution is 2.48. The van der Waals surface area contributed by atoms with E-state index in [1.165, 1.54) is 26.1 Å². The number of fused-ring (bicyclic) bond motifs is 2. The van der Waals surface area contributed by atoms with Crippen molar-refractivity contribution in [3.63, 3.8) is 0 Å². The molecule has 0 fully saturated rings. The van der Waals surface area contributed by atoms with Crippen molar-refractivity contribution in [1.82, 2.24) is 4.98 Å². The fourth-order valence-electron chi connectivity index (χ4n) is 2.90. The van der Waals surface area contributed by atoms with Crippen molar-refractivity contribution in [2.24, 2.45) is 4.99 Å². The fraction of sp³-hybridized carbons (Fsp3) is 0.222. The van der Waals surface area contributed by atoms with Gasteiger partial charge in [0.15, 0.2) is 0 Å². The average Bonchev–Trinajstić information content (AvgIpc) is 3.02. The Labute approximate surface area is 140 Å². The first-order valence-electron chi connectivity index (χ1n) is 7.42. The van der Waals surface area contributed by atoms with Gasteiger partial charge >= 0.3 is 5.92 Å². The molecule has 3 heterocycles. The van der Waals surface area contributed by atoms with Crippen LogP contribution in [0.15, 0.2) is 46.9 Å². The Morgan fingerprint density at radius 1 is 1.12 bits per heavy atom. The third-order valence-electron chi connectivity index (χ3n) is 4.30. The van der Waals surface area contributed by atoms with Crippen LogP contribution in [0.4, 0.5) is 13.2 Å². The van der Waals surface area contributed by atoms with Gasteiger partial charge in [0.05, 0.1) is 10.6 Å². The number of alkyl halides is 2. The molecule has 3 aromatic rings. The Balaban J connectivity index is 1.95. The zero-order valence-corrected chi connectivity index (χ0v) is 13.8. The number of para-hydroxylation sites is 1. The molecule has 1 aliphatic rings. The number of rotatable bonds is 1. The molecule has 122 valence electrons. The number of nitrogens with zero attached hydrogens (tertiary/aromatic N) is 2. The van der Waals surface area contributed by atoms with Gasteiger partial charge < -0.3 is 0 Å². The van der Waals surface area contributed by atoms with Gasteiger partial charge in [-0.05, 0) is 37.4 Å². The molecule has 24 heavy (non-hydrogen) atoms. The third kappa shape index (κ3) is 2.02. The van der Waals surface area contributed by atoms with Crippen LogP contribution in [0.25, 0.3) is 10.9 Å². The second-order valence-electron chi connectivity index (χ2n) is 6.29. The molecule has 2 nitrogen and oxygen atoms in total. The molecule has 0 N–H and O–H groups in total. The summed E-state index contributed by atoms with van der Waals surface area (Å²) in [7, 11) is 0. The molecule has 6 heteroatoms. The maximum absolute atomic E-state index is 14.6. The molecule has 0 radical (unpaired) electrons. The summed E-state index contributed by atoms with van der Waals surface area (Å²) in [5.41, 5.74) is 0.198. The lowest BCUT2D eigenvalue weighted by Gasteiger charge is -2.35. The molecule has 0 unspecified atom stereocenters. The highest BCUT2D eigenvalue weighted by Gasteiger charge is 2.53. The van der Waals surface area contributed by atoms with Crippen LogP contribution in [0.3, 0.4) is 0 Å². The minimum absolute atomic E-state index is 0.0110. The first kappa shape index (κ1) is 15.3. The number of hydrogen-bond acceptors (Lipinski definition) is 3. The zero-order chi connectivity index (χ0) is 17.1. The van der Waals surface area contributed by atoms with Crippen molar-refractivity contribution in [1.29, 1.82) is 0 Å². The van der Waals surface area contributed by atoms with Crippen LogP contribution in [0.5, 0.6) is 0 Å². The minimum Gasteiger partial charge on any atom is -0.271 e. The number of aliphatic imine (C=N–C) groups is 1. The van der Waals surface area contributed by atoms with E-state index in [1.54, 1.807) is 29.6 Å². The highest BCUT2D eigenvalue weighted by atomic mass is 32.1. The Kier molecular flexibility index (Phi) is 3.12. The van der Waals surface area contributed by atoms with E-state index < -0.39 is 17.3 Å². The number of pyridine rings is 1. The van der Waals surface area contributed by atoms with Gasteiger partial charge in [0.25, 0.3) is 0 Å². The van der Waals surface area contributed by atoms with Crippen molar-refractivity contribution in [3.8, 4) is 0 Å². The molecular formula is C18H13F3N2S. The molecule has 0 saturated heterocycles. The summed E-state index contributed by atoms with van der Waals surface area (Å²) in [5, 5.41) is 2.26. The lowest BCUT2D eigenvalue weighted by molar-refractivity contribution is -0.0646. The van der Waals surface area contributed by atoms with Gasteiger partial charge in [-0.15, -0.1) is 11.3 Å². The lowest BCUT2D eigenvalue weighted by Crippen LogP contribution is -2.43. The molecule has 0 aliphatic carbocycles. The standard InChI is InChI=1S/C18H13F3N2S/c1-17(2)18(20,21)16-12(6-7-24-16)14(23-17)11-8-10-4-3-5-13(19)15(10)22-9-11/h3-9H,1-2H3. The van der Waals surface area contributed by atoms with Crippen molar-refractivity contribution in [3.05, 3.63) is 63.7 Å². The summed E-state index contributed by atoms with van der Waals surface area (Å²) in [6.45, 7) is 2.84. The van der Waals surface area contributed by atoms with E-state index >= 15 is 0 Å². The molecule has 1 aromatic carbocycles. The SMILES string of the molecule is CC1(C)N=C(c2cnc3c(F)cccc3c2)c2ccsc2C1(F)F. The topological polar surface area (TPSA) is 25.2 Å². The van der Waals surface area contributed by atoms with Gasteiger partial charge in [0.1, 0.15) is 16.9 Å². The summed E-state index contributed by atoms with van der Waals surface area (Å²) in [6, 6.07) is 8.07. The maximum atomic E-state index is 14.6.